The Morgan fingerprint density at radius 3 is 2.63 bits per heavy atom. The number of carbonyl (C=O) groups is 2. The highest BCUT2D eigenvalue weighted by atomic mass is 16.4. The average molecular weight is 267 g/mol. The minimum Gasteiger partial charge on any atom is -0.481 e. The van der Waals surface area contributed by atoms with Crippen LogP contribution in [0.3, 0.4) is 0 Å². The van der Waals surface area contributed by atoms with Crippen molar-refractivity contribution in [2.24, 2.45) is 11.3 Å². The van der Waals surface area contributed by atoms with Crippen LogP contribution in [0.4, 0.5) is 0 Å². The second-order valence-corrected chi connectivity index (χ2v) is 5.86. The zero-order valence-electron chi connectivity index (χ0n) is 11.6. The van der Waals surface area contributed by atoms with Gasteiger partial charge in [0.15, 0.2) is 0 Å². The van der Waals surface area contributed by atoms with Crippen LogP contribution in [-0.2, 0) is 16.0 Å². The number of aromatic amines is 1. The molecular formula is C13H21N3O3. The van der Waals surface area contributed by atoms with E-state index in [2.05, 4.69) is 15.5 Å². The molecule has 0 aliphatic carbocycles. The van der Waals surface area contributed by atoms with Gasteiger partial charge in [-0.05, 0) is 17.9 Å². The Hall–Kier alpha value is -1.85. The second-order valence-electron chi connectivity index (χ2n) is 5.86. The van der Waals surface area contributed by atoms with Gasteiger partial charge in [0.05, 0.1) is 12.3 Å². The third-order valence-electron chi connectivity index (χ3n) is 2.66. The van der Waals surface area contributed by atoms with Gasteiger partial charge >= 0.3 is 5.97 Å². The summed E-state index contributed by atoms with van der Waals surface area (Å²) in [5.74, 6) is -1.65. The normalized spacial score (nSPS) is 13.0. The number of carboxylic acid groups (broad SMARTS) is 1. The van der Waals surface area contributed by atoms with Gasteiger partial charge in [-0.1, -0.05) is 20.8 Å². The smallest absolute Gasteiger partial charge is 0.308 e. The van der Waals surface area contributed by atoms with Crippen LogP contribution in [-0.4, -0.2) is 33.7 Å². The third-order valence-corrected chi connectivity index (χ3v) is 2.66. The molecule has 0 aliphatic rings. The number of carbonyl (C=O) groups excluding carboxylic acids is 1. The fourth-order valence-electron chi connectivity index (χ4n) is 1.84. The number of rotatable bonds is 6. The van der Waals surface area contributed by atoms with Gasteiger partial charge in [-0.2, -0.15) is 5.10 Å². The largest absolute Gasteiger partial charge is 0.481 e. The van der Waals surface area contributed by atoms with Crippen molar-refractivity contribution in [3.05, 3.63) is 18.0 Å². The van der Waals surface area contributed by atoms with Crippen molar-refractivity contribution in [3.63, 3.8) is 0 Å². The predicted octanol–water partition coefficient (Wildman–Crippen LogP) is 1.21. The highest BCUT2D eigenvalue weighted by molar-refractivity contribution is 5.79. The van der Waals surface area contributed by atoms with Crippen LogP contribution in [0.5, 0.6) is 0 Å². The Balaban J connectivity index is 2.43. The molecule has 0 spiro atoms. The molecule has 19 heavy (non-hydrogen) atoms. The van der Waals surface area contributed by atoms with Crippen LogP contribution in [0, 0.1) is 11.3 Å². The van der Waals surface area contributed by atoms with Gasteiger partial charge in [0, 0.05) is 18.4 Å². The van der Waals surface area contributed by atoms with Crippen LogP contribution >= 0.6 is 0 Å². The second kappa shape index (κ2) is 6.36. The third kappa shape index (κ3) is 6.03. The van der Waals surface area contributed by atoms with E-state index in [1.165, 1.54) is 0 Å². The van der Waals surface area contributed by atoms with E-state index in [4.69, 9.17) is 5.11 Å². The lowest BCUT2D eigenvalue weighted by Gasteiger charge is -2.23. The molecule has 1 heterocycles. The molecule has 0 saturated carbocycles. The highest BCUT2D eigenvalue weighted by Crippen LogP contribution is 2.24. The molecule has 1 amide bonds. The van der Waals surface area contributed by atoms with Crippen molar-refractivity contribution >= 4 is 11.9 Å². The maximum Gasteiger partial charge on any atom is 0.308 e. The van der Waals surface area contributed by atoms with Gasteiger partial charge in [0.25, 0.3) is 0 Å². The molecule has 1 rings (SSSR count). The molecular weight excluding hydrogens is 246 g/mol. The van der Waals surface area contributed by atoms with Gasteiger partial charge < -0.3 is 10.4 Å². The summed E-state index contributed by atoms with van der Waals surface area (Å²) in [6.07, 6.45) is 2.27. The lowest BCUT2D eigenvalue weighted by atomic mass is 9.84. The molecule has 1 aromatic heterocycles. The Labute approximate surface area is 112 Å². The molecule has 6 heteroatoms. The van der Waals surface area contributed by atoms with E-state index < -0.39 is 11.9 Å². The molecule has 1 atom stereocenters. The van der Waals surface area contributed by atoms with Crippen molar-refractivity contribution in [3.8, 4) is 0 Å². The molecule has 1 unspecified atom stereocenters. The first kappa shape index (κ1) is 15.2. The minimum atomic E-state index is -0.878. The predicted molar refractivity (Wildman–Crippen MR) is 70.5 cm³/mol. The zero-order chi connectivity index (χ0) is 14.5. The lowest BCUT2D eigenvalue weighted by molar-refractivity contribution is -0.142. The number of aromatic nitrogens is 2. The van der Waals surface area contributed by atoms with Crippen LogP contribution in [0.2, 0.25) is 0 Å². The zero-order valence-corrected chi connectivity index (χ0v) is 11.6. The average Bonchev–Trinajstić information content (AvgIpc) is 2.75. The lowest BCUT2D eigenvalue weighted by Crippen LogP contribution is -2.35. The summed E-state index contributed by atoms with van der Waals surface area (Å²) < 4.78 is 0. The van der Waals surface area contributed by atoms with E-state index in [-0.39, 0.29) is 24.3 Å². The molecule has 6 nitrogen and oxygen atoms in total. The van der Waals surface area contributed by atoms with Crippen LogP contribution in [0.25, 0.3) is 0 Å². The molecule has 0 radical (unpaired) electrons. The van der Waals surface area contributed by atoms with E-state index in [0.29, 0.717) is 12.1 Å². The Morgan fingerprint density at radius 2 is 2.16 bits per heavy atom. The summed E-state index contributed by atoms with van der Waals surface area (Å²) in [7, 11) is 0. The molecule has 0 fully saturated rings. The van der Waals surface area contributed by atoms with Gasteiger partial charge in [0.1, 0.15) is 0 Å². The number of aliphatic carboxylic acids is 1. The molecule has 0 aromatic carbocycles. The van der Waals surface area contributed by atoms with Crippen LogP contribution in [0.1, 0.15) is 32.9 Å². The summed E-state index contributed by atoms with van der Waals surface area (Å²) in [6.45, 7) is 6.10. The number of amides is 1. The quantitative estimate of drug-likeness (QED) is 0.722. The summed E-state index contributed by atoms with van der Waals surface area (Å²) >= 11 is 0. The van der Waals surface area contributed by atoms with E-state index in [9.17, 15) is 9.59 Å². The number of hydrogen-bond acceptors (Lipinski definition) is 3. The number of hydrogen-bond donors (Lipinski definition) is 3. The topological polar surface area (TPSA) is 95.1 Å². The first-order valence-corrected chi connectivity index (χ1v) is 6.26. The maximum atomic E-state index is 11.7. The highest BCUT2D eigenvalue weighted by Gasteiger charge is 2.24. The van der Waals surface area contributed by atoms with Crippen LogP contribution < -0.4 is 5.32 Å². The number of H-pyrrole nitrogens is 1. The Morgan fingerprint density at radius 1 is 1.47 bits per heavy atom. The number of nitrogens with zero attached hydrogens (tertiary/aromatic N) is 1. The Bertz CT molecular complexity index is 421. The maximum absolute atomic E-state index is 11.7. The van der Waals surface area contributed by atoms with Crippen molar-refractivity contribution < 1.29 is 14.7 Å². The SMILES string of the molecule is CC(C)(C)CC(CNC(=O)Cc1ccn[nH]1)C(=O)O. The monoisotopic (exact) mass is 267 g/mol. The van der Waals surface area contributed by atoms with E-state index >= 15 is 0 Å². The molecule has 106 valence electrons. The fourth-order valence-corrected chi connectivity index (χ4v) is 1.84. The molecule has 0 bridgehead atoms. The van der Waals surface area contributed by atoms with Crippen LogP contribution in [0.15, 0.2) is 12.3 Å². The summed E-state index contributed by atoms with van der Waals surface area (Å²) in [4.78, 5) is 22.8. The van der Waals surface area contributed by atoms with Gasteiger partial charge in [-0.3, -0.25) is 14.7 Å². The van der Waals surface area contributed by atoms with E-state index in [1.807, 2.05) is 20.8 Å². The summed E-state index contributed by atoms with van der Waals surface area (Å²) in [5, 5.41) is 18.2. The number of carboxylic acids is 1. The van der Waals surface area contributed by atoms with Gasteiger partial charge in [-0.15, -0.1) is 0 Å². The van der Waals surface area contributed by atoms with E-state index in [1.54, 1.807) is 12.3 Å². The first-order valence-electron chi connectivity index (χ1n) is 6.26. The van der Waals surface area contributed by atoms with Gasteiger partial charge in [-0.25, -0.2) is 0 Å². The van der Waals surface area contributed by atoms with Gasteiger partial charge in [0.2, 0.25) is 5.91 Å². The minimum absolute atomic E-state index is 0.0862. The number of nitrogens with one attached hydrogen (secondary N) is 2. The Kier molecular flexibility index (Phi) is 5.09. The van der Waals surface area contributed by atoms with E-state index in [0.717, 1.165) is 0 Å². The standard InChI is InChI=1S/C13H21N3O3/c1-13(2,3)7-9(12(18)19)8-14-11(17)6-10-4-5-15-16-10/h4-5,9H,6-8H2,1-3H3,(H,14,17)(H,15,16)(H,18,19). The fraction of sp³-hybridized carbons (Fsp3) is 0.615. The molecule has 0 saturated heterocycles. The van der Waals surface area contributed by atoms with Crippen molar-refractivity contribution in [2.75, 3.05) is 6.54 Å². The van der Waals surface area contributed by atoms with Crippen molar-refractivity contribution in [1.82, 2.24) is 15.5 Å². The molecule has 3 N–H and O–H groups in total. The molecule has 0 aliphatic heterocycles. The van der Waals surface area contributed by atoms with Crippen molar-refractivity contribution in [2.45, 2.75) is 33.6 Å². The van der Waals surface area contributed by atoms with Crippen molar-refractivity contribution in [1.29, 1.82) is 0 Å². The summed E-state index contributed by atoms with van der Waals surface area (Å²) in [6, 6.07) is 1.71. The summed E-state index contributed by atoms with van der Waals surface area (Å²) in [5.41, 5.74) is 0.622. The molecule has 1 aromatic rings. The first-order chi connectivity index (χ1) is 8.78.